The quantitative estimate of drug-likeness (QED) is 0.527. The van der Waals surface area contributed by atoms with Crippen molar-refractivity contribution in [2.45, 2.75) is 0 Å². The summed E-state index contributed by atoms with van der Waals surface area (Å²) in [5, 5.41) is 20.5. The van der Waals surface area contributed by atoms with Gasteiger partial charge in [0.1, 0.15) is 16.9 Å². The standard InChI is InChI=1S/C12H6ClNO6/c13-6-1-2-7(8(5-6)14(18)19)11(16)10-9(15)3-4-20-12(10)17/h1-5,15H. The zero-order chi connectivity index (χ0) is 14.9. The number of nitro benzene ring substituents is 1. The van der Waals surface area contributed by atoms with Gasteiger partial charge in [-0.25, -0.2) is 4.79 Å². The second kappa shape index (κ2) is 5.14. The minimum atomic E-state index is -1.08. The summed E-state index contributed by atoms with van der Waals surface area (Å²) in [5.41, 5.74) is -2.68. The fraction of sp³-hybridized carbons (Fsp3) is 0. The van der Waals surface area contributed by atoms with Crippen LogP contribution in [0.4, 0.5) is 5.69 Å². The second-order valence-electron chi connectivity index (χ2n) is 3.72. The Morgan fingerprint density at radius 1 is 1.35 bits per heavy atom. The first-order valence-corrected chi connectivity index (χ1v) is 5.59. The number of ketones is 1. The van der Waals surface area contributed by atoms with Crippen LogP contribution in [0, 0.1) is 10.1 Å². The molecule has 0 radical (unpaired) electrons. The van der Waals surface area contributed by atoms with Crippen molar-refractivity contribution in [3.8, 4) is 5.75 Å². The van der Waals surface area contributed by atoms with Gasteiger partial charge in [0.2, 0.25) is 5.78 Å². The molecular weight excluding hydrogens is 290 g/mol. The van der Waals surface area contributed by atoms with E-state index in [2.05, 4.69) is 4.42 Å². The topological polar surface area (TPSA) is 111 Å². The first-order chi connectivity index (χ1) is 9.41. The molecule has 1 heterocycles. The van der Waals surface area contributed by atoms with Gasteiger partial charge < -0.3 is 9.52 Å². The monoisotopic (exact) mass is 295 g/mol. The number of rotatable bonds is 3. The lowest BCUT2D eigenvalue weighted by molar-refractivity contribution is -0.385. The number of benzene rings is 1. The van der Waals surface area contributed by atoms with Gasteiger partial charge in [-0.2, -0.15) is 0 Å². The molecule has 20 heavy (non-hydrogen) atoms. The molecule has 0 fully saturated rings. The summed E-state index contributed by atoms with van der Waals surface area (Å²) >= 11 is 5.63. The van der Waals surface area contributed by atoms with Gasteiger partial charge in [-0.05, 0) is 12.1 Å². The fourth-order valence-electron chi connectivity index (χ4n) is 1.60. The number of nitro groups is 1. The summed E-state index contributed by atoms with van der Waals surface area (Å²) in [5.74, 6) is -1.63. The number of hydrogen-bond acceptors (Lipinski definition) is 6. The normalized spacial score (nSPS) is 10.2. The van der Waals surface area contributed by atoms with Crippen molar-refractivity contribution < 1.29 is 19.2 Å². The average Bonchev–Trinajstić information content (AvgIpc) is 2.38. The maximum atomic E-state index is 12.2. The molecule has 1 N–H and O–H groups in total. The van der Waals surface area contributed by atoms with Crippen LogP contribution in [-0.2, 0) is 0 Å². The first-order valence-electron chi connectivity index (χ1n) is 5.21. The Labute approximate surface area is 116 Å². The van der Waals surface area contributed by atoms with Gasteiger partial charge in [0.25, 0.3) is 5.69 Å². The lowest BCUT2D eigenvalue weighted by Crippen LogP contribution is -2.16. The van der Waals surface area contributed by atoms with E-state index >= 15 is 0 Å². The molecule has 7 nitrogen and oxygen atoms in total. The van der Waals surface area contributed by atoms with E-state index in [1.54, 1.807) is 0 Å². The maximum absolute atomic E-state index is 12.2. The summed E-state index contributed by atoms with van der Waals surface area (Å²) in [6, 6.07) is 4.35. The Morgan fingerprint density at radius 2 is 2.05 bits per heavy atom. The highest BCUT2D eigenvalue weighted by Gasteiger charge is 2.26. The Hall–Kier alpha value is -2.67. The Balaban J connectivity index is 2.66. The van der Waals surface area contributed by atoms with Crippen LogP contribution in [-0.4, -0.2) is 15.8 Å². The minimum absolute atomic E-state index is 0.0672. The average molecular weight is 296 g/mol. The van der Waals surface area contributed by atoms with Crippen LogP contribution < -0.4 is 5.63 Å². The molecule has 2 rings (SSSR count). The van der Waals surface area contributed by atoms with Crippen LogP contribution in [0.5, 0.6) is 5.75 Å². The maximum Gasteiger partial charge on any atom is 0.350 e. The zero-order valence-electron chi connectivity index (χ0n) is 9.70. The van der Waals surface area contributed by atoms with Crippen LogP contribution in [0.2, 0.25) is 5.02 Å². The number of nitrogens with zero attached hydrogens (tertiary/aromatic N) is 1. The zero-order valence-corrected chi connectivity index (χ0v) is 10.5. The third-order valence-corrected chi connectivity index (χ3v) is 2.72. The first kappa shape index (κ1) is 13.8. The predicted molar refractivity (Wildman–Crippen MR) is 68.2 cm³/mol. The molecule has 0 saturated heterocycles. The SMILES string of the molecule is O=C(c1ccc(Cl)cc1[N+](=O)[O-])c1c(O)ccoc1=O. The van der Waals surface area contributed by atoms with Crippen molar-refractivity contribution in [1.29, 1.82) is 0 Å². The van der Waals surface area contributed by atoms with E-state index in [0.717, 1.165) is 24.5 Å². The Bertz CT molecular complexity index is 767. The summed E-state index contributed by atoms with van der Waals surface area (Å²) in [6.07, 6.45) is 0.907. The van der Waals surface area contributed by atoms with Crippen molar-refractivity contribution in [2.75, 3.05) is 0 Å². The van der Waals surface area contributed by atoms with E-state index < -0.39 is 33.3 Å². The van der Waals surface area contributed by atoms with Crippen LogP contribution in [0.1, 0.15) is 15.9 Å². The van der Waals surface area contributed by atoms with E-state index in [1.807, 2.05) is 0 Å². The molecule has 102 valence electrons. The Morgan fingerprint density at radius 3 is 2.65 bits per heavy atom. The molecule has 0 aliphatic carbocycles. The van der Waals surface area contributed by atoms with Crippen molar-refractivity contribution in [1.82, 2.24) is 0 Å². The highest BCUT2D eigenvalue weighted by atomic mass is 35.5. The molecule has 0 saturated carbocycles. The van der Waals surface area contributed by atoms with Gasteiger partial charge in [0.15, 0.2) is 0 Å². The molecule has 0 spiro atoms. The summed E-state index contributed by atoms with van der Waals surface area (Å²) in [6.45, 7) is 0. The minimum Gasteiger partial charge on any atom is -0.507 e. The van der Waals surface area contributed by atoms with Crippen molar-refractivity contribution >= 4 is 23.1 Å². The van der Waals surface area contributed by atoms with E-state index in [1.165, 1.54) is 6.07 Å². The third-order valence-electron chi connectivity index (χ3n) is 2.49. The molecule has 8 heteroatoms. The molecule has 0 bridgehead atoms. The molecule has 0 atom stereocenters. The van der Waals surface area contributed by atoms with Gasteiger partial charge in [0, 0.05) is 17.2 Å². The van der Waals surface area contributed by atoms with Gasteiger partial charge in [0.05, 0.1) is 11.2 Å². The van der Waals surface area contributed by atoms with Gasteiger partial charge in [-0.1, -0.05) is 11.6 Å². The molecule has 0 amide bonds. The Kier molecular flexibility index (Phi) is 3.53. The second-order valence-corrected chi connectivity index (χ2v) is 4.15. The summed E-state index contributed by atoms with van der Waals surface area (Å²) in [7, 11) is 0. The molecule has 2 aromatic rings. The fourth-order valence-corrected chi connectivity index (χ4v) is 1.76. The molecule has 0 aliphatic rings. The van der Waals surface area contributed by atoms with E-state index in [-0.39, 0.29) is 10.6 Å². The van der Waals surface area contributed by atoms with E-state index in [9.17, 15) is 24.8 Å². The highest BCUT2D eigenvalue weighted by molar-refractivity contribution is 6.31. The van der Waals surface area contributed by atoms with Gasteiger partial charge >= 0.3 is 5.63 Å². The lowest BCUT2D eigenvalue weighted by Gasteiger charge is -2.03. The molecule has 0 unspecified atom stereocenters. The van der Waals surface area contributed by atoms with Gasteiger partial charge in [-0.3, -0.25) is 14.9 Å². The van der Waals surface area contributed by atoms with E-state index in [4.69, 9.17) is 11.6 Å². The number of carbonyl (C=O) groups is 1. The van der Waals surface area contributed by atoms with E-state index in [0.29, 0.717) is 0 Å². The molecule has 1 aromatic heterocycles. The van der Waals surface area contributed by atoms with Crippen LogP contribution in [0.15, 0.2) is 39.7 Å². The molecular formula is C12H6ClNO6. The smallest absolute Gasteiger partial charge is 0.350 e. The van der Waals surface area contributed by atoms with Crippen LogP contribution >= 0.6 is 11.6 Å². The molecule has 0 aliphatic heterocycles. The third kappa shape index (κ3) is 2.39. The summed E-state index contributed by atoms with van der Waals surface area (Å²) in [4.78, 5) is 33.7. The number of carbonyl (C=O) groups excluding carboxylic acids is 1. The summed E-state index contributed by atoms with van der Waals surface area (Å²) < 4.78 is 4.47. The lowest BCUT2D eigenvalue weighted by atomic mass is 10.0. The van der Waals surface area contributed by atoms with Crippen LogP contribution in [0.25, 0.3) is 0 Å². The predicted octanol–water partition coefficient (Wildman–Crippen LogP) is 2.14. The highest BCUT2D eigenvalue weighted by Crippen LogP contribution is 2.26. The van der Waals surface area contributed by atoms with Gasteiger partial charge in [-0.15, -0.1) is 0 Å². The largest absolute Gasteiger partial charge is 0.507 e. The van der Waals surface area contributed by atoms with Crippen molar-refractivity contribution in [3.05, 3.63) is 67.2 Å². The number of aromatic hydroxyl groups is 1. The molecule has 1 aromatic carbocycles. The number of halogens is 1. The van der Waals surface area contributed by atoms with Crippen molar-refractivity contribution in [2.24, 2.45) is 0 Å². The number of hydrogen-bond donors (Lipinski definition) is 1. The van der Waals surface area contributed by atoms with Crippen LogP contribution in [0.3, 0.4) is 0 Å². The van der Waals surface area contributed by atoms with Crippen molar-refractivity contribution in [3.63, 3.8) is 0 Å².